The van der Waals surface area contributed by atoms with Crippen LogP contribution in [0.15, 0.2) is 73.1 Å². The Bertz CT molecular complexity index is 925. The lowest BCUT2D eigenvalue weighted by atomic mass is 10.0. The second-order valence-electron chi connectivity index (χ2n) is 7.19. The van der Waals surface area contributed by atoms with E-state index < -0.39 is 0 Å². The lowest BCUT2D eigenvalue weighted by molar-refractivity contribution is 0.302. The average Bonchev–Trinajstić information content (AvgIpc) is 3.36. The summed E-state index contributed by atoms with van der Waals surface area (Å²) in [7, 11) is 0. The zero-order valence-corrected chi connectivity index (χ0v) is 17.5. The second kappa shape index (κ2) is 9.09. The number of hydrogen-bond donors (Lipinski definition) is 2. The third-order valence-electron chi connectivity index (χ3n) is 5.38. The number of nitrogens with zero attached hydrogens (tertiary/aromatic N) is 3. The van der Waals surface area contributed by atoms with E-state index in [1.165, 1.54) is 5.69 Å². The van der Waals surface area contributed by atoms with Gasteiger partial charge in [0.15, 0.2) is 5.11 Å². The minimum Gasteiger partial charge on any atom is -0.385 e. The number of anilines is 1. The van der Waals surface area contributed by atoms with Crippen molar-refractivity contribution in [2.75, 3.05) is 18.4 Å². The SMILES string of the molecule is CCn1cccc1[C@H]1[C@@H](c2ccccn2)NC(=S)N1CCCNc1ccccc1. The first-order valence-corrected chi connectivity index (χ1v) is 10.6. The molecular formula is C23H27N5S. The molecule has 1 fully saturated rings. The number of aromatic nitrogens is 2. The van der Waals surface area contributed by atoms with Gasteiger partial charge in [0.25, 0.3) is 0 Å². The molecular weight excluding hydrogens is 378 g/mol. The van der Waals surface area contributed by atoms with Crippen molar-refractivity contribution in [3.63, 3.8) is 0 Å². The average molecular weight is 406 g/mol. The molecule has 0 bridgehead atoms. The molecule has 0 aliphatic carbocycles. The van der Waals surface area contributed by atoms with Crippen molar-refractivity contribution >= 4 is 23.0 Å². The van der Waals surface area contributed by atoms with Crippen LogP contribution in [0.25, 0.3) is 0 Å². The lowest BCUT2D eigenvalue weighted by Gasteiger charge is -2.28. The van der Waals surface area contributed by atoms with Gasteiger partial charge in [0, 0.05) is 43.4 Å². The number of rotatable bonds is 8. The molecule has 6 heteroatoms. The summed E-state index contributed by atoms with van der Waals surface area (Å²) in [5.74, 6) is 0. The van der Waals surface area contributed by atoms with Crippen molar-refractivity contribution < 1.29 is 0 Å². The summed E-state index contributed by atoms with van der Waals surface area (Å²) < 4.78 is 2.30. The van der Waals surface area contributed by atoms with Crippen molar-refractivity contribution in [1.82, 2.24) is 19.8 Å². The van der Waals surface area contributed by atoms with Gasteiger partial charge < -0.3 is 20.1 Å². The predicted molar refractivity (Wildman–Crippen MR) is 122 cm³/mol. The van der Waals surface area contributed by atoms with Crippen molar-refractivity contribution in [2.45, 2.75) is 32.0 Å². The van der Waals surface area contributed by atoms with Gasteiger partial charge in [-0.1, -0.05) is 24.3 Å². The molecule has 0 saturated carbocycles. The molecule has 2 atom stereocenters. The highest BCUT2D eigenvalue weighted by atomic mass is 32.1. The zero-order chi connectivity index (χ0) is 20.1. The fourth-order valence-electron chi connectivity index (χ4n) is 3.99. The topological polar surface area (TPSA) is 45.1 Å². The Balaban J connectivity index is 1.52. The number of hydrogen-bond acceptors (Lipinski definition) is 3. The van der Waals surface area contributed by atoms with Crippen molar-refractivity contribution in [2.24, 2.45) is 0 Å². The fourth-order valence-corrected chi connectivity index (χ4v) is 4.32. The summed E-state index contributed by atoms with van der Waals surface area (Å²) in [6.45, 7) is 4.89. The van der Waals surface area contributed by atoms with Crippen molar-refractivity contribution in [3.05, 3.63) is 84.4 Å². The highest BCUT2D eigenvalue weighted by Gasteiger charge is 2.40. The van der Waals surface area contributed by atoms with E-state index in [2.05, 4.69) is 68.5 Å². The smallest absolute Gasteiger partial charge is 0.170 e. The molecule has 150 valence electrons. The zero-order valence-electron chi connectivity index (χ0n) is 16.7. The molecule has 3 aromatic rings. The summed E-state index contributed by atoms with van der Waals surface area (Å²) >= 11 is 5.75. The van der Waals surface area contributed by atoms with Crippen LogP contribution in [0.5, 0.6) is 0 Å². The van der Waals surface area contributed by atoms with E-state index in [0.29, 0.717) is 0 Å². The number of aryl methyl sites for hydroxylation is 1. The maximum absolute atomic E-state index is 5.75. The first-order valence-electron chi connectivity index (χ1n) is 10.2. The fraction of sp³-hybridized carbons (Fsp3) is 0.304. The van der Waals surface area contributed by atoms with Gasteiger partial charge in [-0.3, -0.25) is 4.98 Å². The van der Waals surface area contributed by atoms with Gasteiger partial charge >= 0.3 is 0 Å². The third kappa shape index (κ3) is 4.27. The molecule has 5 nitrogen and oxygen atoms in total. The molecule has 1 aromatic carbocycles. The Morgan fingerprint density at radius 1 is 1.07 bits per heavy atom. The lowest BCUT2D eigenvalue weighted by Crippen LogP contribution is -2.32. The van der Waals surface area contributed by atoms with Crippen LogP contribution < -0.4 is 10.6 Å². The van der Waals surface area contributed by atoms with Crippen molar-refractivity contribution in [3.8, 4) is 0 Å². The van der Waals surface area contributed by atoms with Crippen LogP contribution in [-0.2, 0) is 6.54 Å². The molecule has 0 radical (unpaired) electrons. The molecule has 1 saturated heterocycles. The summed E-state index contributed by atoms with van der Waals surface area (Å²) in [4.78, 5) is 6.93. The first kappa shape index (κ1) is 19.5. The van der Waals surface area contributed by atoms with E-state index in [1.807, 2.05) is 36.5 Å². The molecule has 2 aromatic heterocycles. The van der Waals surface area contributed by atoms with Gasteiger partial charge in [0.1, 0.15) is 0 Å². The van der Waals surface area contributed by atoms with Crippen LogP contribution in [0.4, 0.5) is 5.69 Å². The molecule has 29 heavy (non-hydrogen) atoms. The molecule has 2 N–H and O–H groups in total. The summed E-state index contributed by atoms with van der Waals surface area (Å²) in [5, 5.41) is 7.82. The van der Waals surface area contributed by atoms with Crippen LogP contribution in [-0.4, -0.2) is 32.7 Å². The molecule has 1 aliphatic heterocycles. The largest absolute Gasteiger partial charge is 0.385 e. The van der Waals surface area contributed by atoms with E-state index in [-0.39, 0.29) is 12.1 Å². The van der Waals surface area contributed by atoms with Crippen LogP contribution in [0, 0.1) is 0 Å². The van der Waals surface area contributed by atoms with Gasteiger partial charge in [0.05, 0.1) is 17.8 Å². The maximum atomic E-state index is 5.75. The number of benzene rings is 1. The number of para-hydroxylation sites is 1. The highest BCUT2D eigenvalue weighted by molar-refractivity contribution is 7.80. The van der Waals surface area contributed by atoms with E-state index in [0.717, 1.165) is 42.5 Å². The first-order chi connectivity index (χ1) is 14.3. The van der Waals surface area contributed by atoms with E-state index in [1.54, 1.807) is 0 Å². The van der Waals surface area contributed by atoms with Gasteiger partial charge in [-0.25, -0.2) is 0 Å². The summed E-state index contributed by atoms with van der Waals surface area (Å²) in [5.41, 5.74) is 3.44. The van der Waals surface area contributed by atoms with E-state index in [9.17, 15) is 0 Å². The Kier molecular flexibility index (Phi) is 6.10. The highest BCUT2D eigenvalue weighted by Crippen LogP contribution is 2.38. The Morgan fingerprint density at radius 2 is 1.90 bits per heavy atom. The molecule has 0 unspecified atom stereocenters. The summed E-state index contributed by atoms with van der Waals surface area (Å²) in [6.07, 6.45) is 4.98. The van der Waals surface area contributed by atoms with Gasteiger partial charge in [-0.2, -0.15) is 0 Å². The van der Waals surface area contributed by atoms with Gasteiger partial charge in [-0.15, -0.1) is 0 Å². The monoisotopic (exact) mass is 405 g/mol. The number of pyridine rings is 1. The number of nitrogens with one attached hydrogen (secondary N) is 2. The minimum absolute atomic E-state index is 0.0472. The summed E-state index contributed by atoms with van der Waals surface area (Å²) in [6, 6.07) is 20.9. The Hall–Kier alpha value is -2.86. The van der Waals surface area contributed by atoms with E-state index in [4.69, 9.17) is 12.2 Å². The molecule has 1 aliphatic rings. The normalized spacial score (nSPS) is 18.7. The van der Waals surface area contributed by atoms with Crippen LogP contribution in [0.1, 0.15) is 36.8 Å². The Morgan fingerprint density at radius 3 is 2.66 bits per heavy atom. The van der Waals surface area contributed by atoms with Gasteiger partial charge in [-0.05, 0) is 62.0 Å². The standard InChI is InChI=1S/C23H27N5S/c1-2-27-16-8-13-20(27)22-21(19-12-6-7-14-25-19)26-23(29)28(22)17-9-15-24-18-10-4-3-5-11-18/h3-8,10-14,16,21-22,24H,2,9,15,17H2,1H3,(H,26,29)/t21-,22+/m1/s1. The van der Waals surface area contributed by atoms with E-state index >= 15 is 0 Å². The molecule has 4 rings (SSSR count). The van der Waals surface area contributed by atoms with Gasteiger partial charge in [0.2, 0.25) is 0 Å². The van der Waals surface area contributed by atoms with Crippen LogP contribution >= 0.6 is 12.2 Å². The second-order valence-corrected chi connectivity index (χ2v) is 7.57. The number of thiocarbonyl (C=S) groups is 1. The van der Waals surface area contributed by atoms with Crippen LogP contribution in [0.2, 0.25) is 0 Å². The molecule has 0 spiro atoms. The Labute approximate surface area is 177 Å². The predicted octanol–water partition coefficient (Wildman–Crippen LogP) is 4.38. The maximum Gasteiger partial charge on any atom is 0.170 e. The third-order valence-corrected chi connectivity index (χ3v) is 5.74. The quantitative estimate of drug-likeness (QED) is 0.430. The molecule has 3 heterocycles. The van der Waals surface area contributed by atoms with Crippen molar-refractivity contribution in [1.29, 1.82) is 0 Å². The van der Waals surface area contributed by atoms with Crippen LogP contribution in [0.3, 0.4) is 0 Å². The molecule has 0 amide bonds. The minimum atomic E-state index is 0.0472.